The van der Waals surface area contributed by atoms with Crippen molar-refractivity contribution in [3.8, 4) is 0 Å². The summed E-state index contributed by atoms with van der Waals surface area (Å²) in [7, 11) is 0. The molecule has 0 saturated carbocycles. The molecule has 3 heteroatoms. The second kappa shape index (κ2) is 4.73. The summed E-state index contributed by atoms with van der Waals surface area (Å²) in [4.78, 5) is 6.94. The van der Waals surface area contributed by atoms with E-state index in [0.717, 1.165) is 26.2 Å². The third kappa shape index (κ3) is 2.55. The zero-order valence-corrected chi connectivity index (χ0v) is 9.53. The number of nitrogens with zero attached hydrogens (tertiary/aromatic N) is 2. The van der Waals surface area contributed by atoms with E-state index in [1.54, 1.807) is 0 Å². The topological polar surface area (TPSA) is 28.2 Å². The summed E-state index contributed by atoms with van der Waals surface area (Å²) in [6.45, 7) is 8.69. The third-order valence-electron chi connectivity index (χ3n) is 3.11. The van der Waals surface area contributed by atoms with Crippen LogP contribution in [0.3, 0.4) is 0 Å². The number of hydrogen-bond acceptors (Lipinski definition) is 3. The molecular formula is C12H19N3. The largest absolute Gasteiger partial charge is 0.314 e. The van der Waals surface area contributed by atoms with Crippen LogP contribution in [0.5, 0.6) is 0 Å². The van der Waals surface area contributed by atoms with Gasteiger partial charge >= 0.3 is 0 Å². The molecule has 82 valence electrons. The highest BCUT2D eigenvalue weighted by molar-refractivity contribution is 5.17. The number of hydrogen-bond donors (Lipinski definition) is 1. The Morgan fingerprint density at radius 2 is 2.47 bits per heavy atom. The van der Waals surface area contributed by atoms with Crippen LogP contribution >= 0.6 is 0 Å². The van der Waals surface area contributed by atoms with E-state index >= 15 is 0 Å². The van der Waals surface area contributed by atoms with Crippen molar-refractivity contribution in [2.24, 2.45) is 0 Å². The normalized spacial score (nSPS) is 22.9. The van der Waals surface area contributed by atoms with E-state index in [2.05, 4.69) is 35.1 Å². The summed E-state index contributed by atoms with van der Waals surface area (Å²) >= 11 is 0. The molecule has 0 aliphatic carbocycles. The standard InChI is InChI=1S/C12H19N3/c1-10-4-3-5-14-12(10)9-15-7-6-13-8-11(15)2/h3-5,11,13H,6-9H2,1-2H3/t11-/m1/s1. The van der Waals surface area contributed by atoms with E-state index in [0.29, 0.717) is 6.04 Å². The second-order valence-electron chi connectivity index (χ2n) is 4.29. The first-order valence-corrected chi connectivity index (χ1v) is 5.62. The lowest BCUT2D eigenvalue weighted by molar-refractivity contribution is 0.163. The Hall–Kier alpha value is -0.930. The van der Waals surface area contributed by atoms with Crippen LogP contribution in [0.4, 0.5) is 0 Å². The van der Waals surface area contributed by atoms with Crippen molar-refractivity contribution < 1.29 is 0 Å². The van der Waals surface area contributed by atoms with Crippen molar-refractivity contribution in [3.05, 3.63) is 29.6 Å². The molecule has 1 fully saturated rings. The number of piperazine rings is 1. The van der Waals surface area contributed by atoms with Gasteiger partial charge in [-0.15, -0.1) is 0 Å². The molecule has 0 amide bonds. The lowest BCUT2D eigenvalue weighted by Crippen LogP contribution is -2.49. The first-order chi connectivity index (χ1) is 7.27. The van der Waals surface area contributed by atoms with Gasteiger partial charge in [0.1, 0.15) is 0 Å². The average Bonchev–Trinajstić information content (AvgIpc) is 2.24. The lowest BCUT2D eigenvalue weighted by atomic mass is 10.1. The monoisotopic (exact) mass is 205 g/mol. The first-order valence-electron chi connectivity index (χ1n) is 5.62. The van der Waals surface area contributed by atoms with Crippen LogP contribution in [0.2, 0.25) is 0 Å². The molecule has 1 N–H and O–H groups in total. The van der Waals surface area contributed by atoms with Crippen LogP contribution in [0, 0.1) is 6.92 Å². The highest BCUT2D eigenvalue weighted by Crippen LogP contribution is 2.11. The van der Waals surface area contributed by atoms with Gasteiger partial charge in [0.25, 0.3) is 0 Å². The summed E-state index contributed by atoms with van der Waals surface area (Å²) in [5, 5.41) is 3.40. The molecule has 0 aromatic carbocycles. The predicted octanol–water partition coefficient (Wildman–Crippen LogP) is 1.18. The molecule has 1 aliphatic heterocycles. The fourth-order valence-electron chi connectivity index (χ4n) is 1.99. The van der Waals surface area contributed by atoms with Crippen LogP contribution in [-0.2, 0) is 6.54 Å². The molecule has 1 aliphatic rings. The van der Waals surface area contributed by atoms with Crippen LogP contribution in [0.15, 0.2) is 18.3 Å². The molecule has 15 heavy (non-hydrogen) atoms. The van der Waals surface area contributed by atoms with Crippen molar-refractivity contribution in [2.45, 2.75) is 26.4 Å². The van der Waals surface area contributed by atoms with Gasteiger partial charge in [0.05, 0.1) is 5.69 Å². The fraction of sp³-hybridized carbons (Fsp3) is 0.583. The van der Waals surface area contributed by atoms with E-state index in [1.807, 2.05) is 12.3 Å². The number of aromatic nitrogens is 1. The zero-order valence-electron chi connectivity index (χ0n) is 9.53. The molecular weight excluding hydrogens is 186 g/mol. The van der Waals surface area contributed by atoms with Gasteiger partial charge in [-0.1, -0.05) is 6.07 Å². The SMILES string of the molecule is Cc1cccnc1CN1CCNC[C@H]1C. The minimum atomic E-state index is 0.611. The van der Waals surface area contributed by atoms with Gasteiger partial charge in [-0.25, -0.2) is 0 Å². The summed E-state index contributed by atoms with van der Waals surface area (Å²) in [6, 6.07) is 4.75. The van der Waals surface area contributed by atoms with Crippen LogP contribution < -0.4 is 5.32 Å². The average molecular weight is 205 g/mol. The maximum absolute atomic E-state index is 4.44. The summed E-state index contributed by atoms with van der Waals surface area (Å²) in [5.41, 5.74) is 2.51. The maximum atomic E-state index is 4.44. The van der Waals surface area contributed by atoms with Crippen molar-refractivity contribution in [2.75, 3.05) is 19.6 Å². The molecule has 0 unspecified atom stereocenters. The van der Waals surface area contributed by atoms with Gasteiger partial charge in [0.2, 0.25) is 0 Å². The van der Waals surface area contributed by atoms with Gasteiger partial charge in [-0.3, -0.25) is 9.88 Å². The van der Waals surface area contributed by atoms with E-state index in [9.17, 15) is 0 Å². The van der Waals surface area contributed by atoms with Gasteiger partial charge in [-0.2, -0.15) is 0 Å². The van der Waals surface area contributed by atoms with E-state index in [1.165, 1.54) is 11.3 Å². The number of nitrogens with one attached hydrogen (secondary N) is 1. The van der Waals surface area contributed by atoms with E-state index in [4.69, 9.17) is 0 Å². The minimum Gasteiger partial charge on any atom is -0.314 e. The molecule has 0 radical (unpaired) electrons. The molecule has 1 saturated heterocycles. The molecule has 2 heterocycles. The minimum absolute atomic E-state index is 0.611. The highest BCUT2D eigenvalue weighted by Gasteiger charge is 2.18. The molecule has 3 nitrogen and oxygen atoms in total. The lowest BCUT2D eigenvalue weighted by Gasteiger charge is -2.33. The number of pyridine rings is 1. The van der Waals surface area contributed by atoms with Gasteiger partial charge in [-0.05, 0) is 25.5 Å². The molecule has 1 aromatic heterocycles. The summed E-state index contributed by atoms with van der Waals surface area (Å²) in [6.07, 6.45) is 1.88. The molecule has 0 spiro atoms. The Kier molecular flexibility index (Phi) is 3.34. The van der Waals surface area contributed by atoms with E-state index < -0.39 is 0 Å². The quantitative estimate of drug-likeness (QED) is 0.786. The van der Waals surface area contributed by atoms with Gasteiger partial charge in [0, 0.05) is 38.4 Å². The van der Waals surface area contributed by atoms with E-state index in [-0.39, 0.29) is 0 Å². The number of rotatable bonds is 2. The fourth-order valence-corrected chi connectivity index (χ4v) is 1.99. The first kappa shape index (κ1) is 10.6. The maximum Gasteiger partial charge on any atom is 0.0573 e. The van der Waals surface area contributed by atoms with Crippen molar-refractivity contribution in [3.63, 3.8) is 0 Å². The van der Waals surface area contributed by atoms with Crippen LogP contribution in [0.1, 0.15) is 18.2 Å². The number of aryl methyl sites for hydroxylation is 1. The Morgan fingerprint density at radius 3 is 3.20 bits per heavy atom. The van der Waals surface area contributed by atoms with Crippen molar-refractivity contribution in [1.29, 1.82) is 0 Å². The Balaban J connectivity index is 2.04. The summed E-state index contributed by atoms with van der Waals surface area (Å²) < 4.78 is 0. The van der Waals surface area contributed by atoms with Crippen molar-refractivity contribution >= 4 is 0 Å². The molecule has 1 aromatic rings. The van der Waals surface area contributed by atoms with Gasteiger partial charge in [0.15, 0.2) is 0 Å². The van der Waals surface area contributed by atoms with Crippen LogP contribution in [0.25, 0.3) is 0 Å². The molecule has 0 bridgehead atoms. The second-order valence-corrected chi connectivity index (χ2v) is 4.29. The Morgan fingerprint density at radius 1 is 1.60 bits per heavy atom. The molecule has 1 atom stereocenters. The summed E-state index contributed by atoms with van der Waals surface area (Å²) in [5.74, 6) is 0. The smallest absolute Gasteiger partial charge is 0.0573 e. The van der Waals surface area contributed by atoms with Crippen LogP contribution in [-0.4, -0.2) is 35.6 Å². The highest BCUT2D eigenvalue weighted by atomic mass is 15.2. The third-order valence-corrected chi connectivity index (χ3v) is 3.11. The Labute approximate surface area is 91.5 Å². The molecule has 2 rings (SSSR count). The Bertz CT molecular complexity index is 324. The predicted molar refractivity (Wildman–Crippen MR) is 61.7 cm³/mol. The zero-order chi connectivity index (χ0) is 10.7. The van der Waals surface area contributed by atoms with Crippen molar-refractivity contribution in [1.82, 2.24) is 15.2 Å². The van der Waals surface area contributed by atoms with Gasteiger partial charge < -0.3 is 5.32 Å².